The van der Waals surface area contributed by atoms with Crippen molar-refractivity contribution >= 4 is 108 Å². The Labute approximate surface area is 323 Å². The van der Waals surface area contributed by atoms with Crippen LogP contribution < -0.4 is 0 Å². The van der Waals surface area contributed by atoms with Gasteiger partial charge in [0.15, 0.2) is 5.58 Å². The van der Waals surface area contributed by atoms with E-state index in [1.807, 2.05) is 11.3 Å². The Morgan fingerprint density at radius 1 is 0.429 bits per heavy atom. The Hall–Kier alpha value is -7.21. The highest BCUT2D eigenvalue weighted by Gasteiger charge is 2.24. The molecule has 0 saturated heterocycles. The minimum absolute atomic E-state index is 0.559. The number of hydrogen-bond donors (Lipinski definition) is 0. The van der Waals surface area contributed by atoms with E-state index in [0.29, 0.717) is 6.01 Å². The van der Waals surface area contributed by atoms with Gasteiger partial charge in [-0.3, -0.25) is 4.57 Å². The molecule has 0 aliphatic rings. The Morgan fingerprint density at radius 2 is 1.05 bits per heavy atom. The van der Waals surface area contributed by atoms with E-state index in [4.69, 9.17) is 9.40 Å². The number of aromatic nitrogens is 3. The number of oxazole rings is 1. The maximum atomic E-state index is 7.17. The van der Waals surface area contributed by atoms with Crippen LogP contribution in [0.4, 0.5) is 0 Å². The number of thiophene rings is 1. The number of rotatable bonds is 3. The first-order valence-electron chi connectivity index (χ1n) is 19.0. The number of nitrogens with zero attached hydrogens (tertiary/aromatic N) is 3. The van der Waals surface area contributed by atoms with Crippen LogP contribution in [0.3, 0.4) is 0 Å². The second kappa shape index (κ2) is 11.2. The van der Waals surface area contributed by atoms with Gasteiger partial charge in [0, 0.05) is 53.0 Å². The monoisotopic (exact) mass is 731 g/mol. The molecule has 9 aromatic carbocycles. The SMILES string of the molecule is c1ccc(-n2c3ccccc3c3cc4c5ccccc5n(-c5nc6c(-c7ccc8ccc9ccccc9c8c7)cc7sc8ccccc8c7c6o5)c4cc32)cc1. The van der Waals surface area contributed by atoms with E-state index in [1.54, 1.807) is 0 Å². The van der Waals surface area contributed by atoms with E-state index >= 15 is 0 Å². The van der Waals surface area contributed by atoms with Crippen molar-refractivity contribution in [3.05, 3.63) is 176 Å². The third-order valence-electron chi connectivity index (χ3n) is 11.7. The Kier molecular flexibility index (Phi) is 6.01. The summed E-state index contributed by atoms with van der Waals surface area (Å²) in [4.78, 5) is 5.51. The zero-order chi connectivity index (χ0) is 36.5. The van der Waals surface area contributed by atoms with Gasteiger partial charge in [0.1, 0.15) is 5.52 Å². The molecule has 0 N–H and O–H groups in total. The van der Waals surface area contributed by atoms with E-state index in [-0.39, 0.29) is 0 Å². The minimum Gasteiger partial charge on any atom is -0.422 e. The van der Waals surface area contributed by atoms with Crippen LogP contribution in [0.1, 0.15) is 0 Å². The summed E-state index contributed by atoms with van der Waals surface area (Å²) in [5.41, 5.74) is 9.42. The molecule has 0 radical (unpaired) electrons. The summed E-state index contributed by atoms with van der Waals surface area (Å²) in [7, 11) is 0. The van der Waals surface area contributed by atoms with Crippen molar-refractivity contribution in [3.63, 3.8) is 0 Å². The summed E-state index contributed by atoms with van der Waals surface area (Å²) >= 11 is 1.81. The highest BCUT2D eigenvalue weighted by atomic mass is 32.1. The largest absolute Gasteiger partial charge is 0.422 e. The van der Waals surface area contributed by atoms with E-state index in [0.717, 1.165) is 55.2 Å². The lowest BCUT2D eigenvalue weighted by atomic mass is 9.96. The van der Waals surface area contributed by atoms with E-state index < -0.39 is 0 Å². The van der Waals surface area contributed by atoms with Gasteiger partial charge >= 0.3 is 6.01 Å². The summed E-state index contributed by atoms with van der Waals surface area (Å²) in [6, 6.07) is 64.1. The van der Waals surface area contributed by atoms with E-state index in [1.165, 1.54) is 58.0 Å². The van der Waals surface area contributed by atoms with Crippen molar-refractivity contribution in [1.82, 2.24) is 14.1 Å². The van der Waals surface area contributed by atoms with Crippen molar-refractivity contribution in [3.8, 4) is 22.8 Å². The van der Waals surface area contributed by atoms with Crippen LogP contribution in [0.2, 0.25) is 0 Å². The van der Waals surface area contributed by atoms with Crippen molar-refractivity contribution < 1.29 is 4.42 Å². The molecule has 0 amide bonds. The molecule has 0 saturated carbocycles. The molecule has 56 heavy (non-hydrogen) atoms. The fourth-order valence-electron chi connectivity index (χ4n) is 9.24. The Balaban J connectivity index is 1.15. The first-order chi connectivity index (χ1) is 27.8. The number of benzene rings is 9. The minimum atomic E-state index is 0.559. The van der Waals surface area contributed by atoms with Crippen molar-refractivity contribution in [2.75, 3.05) is 0 Å². The molecule has 4 aromatic heterocycles. The molecule has 4 heterocycles. The van der Waals surface area contributed by atoms with Crippen LogP contribution in [-0.4, -0.2) is 14.1 Å². The summed E-state index contributed by atoms with van der Waals surface area (Å²) < 4.78 is 14.2. The normalized spacial score (nSPS) is 12.3. The fraction of sp³-hybridized carbons (Fsp3) is 0. The molecular weight excluding hydrogens is 703 g/mol. The van der Waals surface area contributed by atoms with Crippen LogP contribution in [0.5, 0.6) is 0 Å². The number of hydrogen-bond acceptors (Lipinski definition) is 3. The molecule has 13 aromatic rings. The lowest BCUT2D eigenvalue weighted by Gasteiger charge is -2.08. The molecule has 0 fully saturated rings. The van der Waals surface area contributed by atoms with Crippen LogP contribution in [0.15, 0.2) is 180 Å². The number of para-hydroxylation sites is 3. The predicted molar refractivity (Wildman–Crippen MR) is 236 cm³/mol. The standard InChI is InChI=1S/C51H29N3OS/c1-2-13-33(14-3-1)53-42-19-9-6-16-35(42)40-27-41-36-17-7-10-20-43(36)54(45(41)29-44(40)53)51-52-49-39(28-47-48(50(49)55-51)37-18-8-11-21-46(37)56-47)32-25-24-31-23-22-30-12-4-5-15-34(30)38(31)26-32/h1-29H. The smallest absolute Gasteiger partial charge is 0.307 e. The van der Waals surface area contributed by atoms with Gasteiger partial charge in [0.2, 0.25) is 0 Å². The summed E-state index contributed by atoms with van der Waals surface area (Å²) in [6.45, 7) is 0. The maximum Gasteiger partial charge on any atom is 0.307 e. The van der Waals surface area contributed by atoms with Gasteiger partial charge in [0.05, 0.1) is 22.1 Å². The molecule has 5 heteroatoms. The molecule has 0 aliphatic carbocycles. The lowest BCUT2D eigenvalue weighted by molar-refractivity contribution is 0.577. The summed E-state index contributed by atoms with van der Waals surface area (Å²) in [6.07, 6.45) is 0. The van der Waals surface area contributed by atoms with E-state index in [2.05, 4.69) is 185 Å². The first-order valence-corrected chi connectivity index (χ1v) is 19.8. The van der Waals surface area contributed by atoms with Crippen LogP contribution in [0.25, 0.3) is 119 Å². The lowest BCUT2D eigenvalue weighted by Crippen LogP contribution is -1.96. The fourth-order valence-corrected chi connectivity index (χ4v) is 10.4. The van der Waals surface area contributed by atoms with Crippen molar-refractivity contribution in [2.24, 2.45) is 0 Å². The van der Waals surface area contributed by atoms with Gasteiger partial charge in [-0.25, -0.2) is 0 Å². The highest BCUT2D eigenvalue weighted by molar-refractivity contribution is 7.26. The summed E-state index contributed by atoms with van der Waals surface area (Å²) in [5, 5.41) is 12.0. The highest BCUT2D eigenvalue weighted by Crippen LogP contribution is 2.46. The Morgan fingerprint density at radius 3 is 1.86 bits per heavy atom. The van der Waals surface area contributed by atoms with Crippen LogP contribution in [-0.2, 0) is 0 Å². The zero-order valence-corrected chi connectivity index (χ0v) is 30.7. The van der Waals surface area contributed by atoms with Gasteiger partial charge in [-0.05, 0) is 81.7 Å². The average Bonchev–Trinajstić information content (AvgIpc) is 4.01. The average molecular weight is 732 g/mol. The van der Waals surface area contributed by atoms with Crippen molar-refractivity contribution in [1.29, 1.82) is 0 Å². The van der Waals surface area contributed by atoms with Crippen LogP contribution in [0, 0.1) is 0 Å². The van der Waals surface area contributed by atoms with Gasteiger partial charge in [-0.15, -0.1) is 11.3 Å². The van der Waals surface area contributed by atoms with Gasteiger partial charge in [-0.2, -0.15) is 4.98 Å². The predicted octanol–water partition coefficient (Wildman–Crippen LogP) is 14.4. The maximum absolute atomic E-state index is 7.17. The molecule has 260 valence electrons. The van der Waals surface area contributed by atoms with Gasteiger partial charge in [-0.1, -0.05) is 121 Å². The molecule has 4 nitrogen and oxygen atoms in total. The molecule has 0 spiro atoms. The number of fused-ring (bicyclic) bond motifs is 14. The third kappa shape index (κ3) is 4.09. The molecule has 0 unspecified atom stereocenters. The summed E-state index contributed by atoms with van der Waals surface area (Å²) in [5.74, 6) is 0. The second-order valence-corrected chi connectivity index (χ2v) is 15.8. The molecule has 0 bridgehead atoms. The topological polar surface area (TPSA) is 35.9 Å². The molecule has 0 aliphatic heterocycles. The molecule has 13 rings (SSSR count). The second-order valence-electron chi connectivity index (χ2n) is 14.7. The van der Waals surface area contributed by atoms with Crippen molar-refractivity contribution in [2.45, 2.75) is 0 Å². The molecule has 0 atom stereocenters. The molecular formula is C51H29N3OS. The van der Waals surface area contributed by atoms with Gasteiger partial charge < -0.3 is 8.98 Å². The first kappa shape index (κ1) is 30.2. The quantitative estimate of drug-likeness (QED) is 0.170. The zero-order valence-electron chi connectivity index (χ0n) is 29.9. The Bertz CT molecular complexity index is 3770. The van der Waals surface area contributed by atoms with E-state index in [9.17, 15) is 0 Å². The third-order valence-corrected chi connectivity index (χ3v) is 12.8. The van der Waals surface area contributed by atoms with Crippen LogP contribution >= 0.6 is 11.3 Å². The van der Waals surface area contributed by atoms with Gasteiger partial charge in [0.25, 0.3) is 0 Å².